The van der Waals surface area contributed by atoms with Crippen molar-refractivity contribution in [2.45, 2.75) is 6.92 Å². The number of carbonyl (C=O) groups excluding carboxylic acids is 1. The lowest BCUT2D eigenvalue weighted by atomic mass is 10.2. The number of esters is 1. The highest BCUT2D eigenvalue weighted by atomic mass is 79.9. The van der Waals surface area contributed by atoms with E-state index >= 15 is 0 Å². The summed E-state index contributed by atoms with van der Waals surface area (Å²) in [5, 5.41) is 4.61. The summed E-state index contributed by atoms with van der Waals surface area (Å²) in [5.41, 5.74) is -0.533. The maximum Gasteiger partial charge on any atom is 0.349 e. The number of hydrogen-bond donors (Lipinski definition) is 1. The zero-order valence-corrected chi connectivity index (χ0v) is 15.7. The minimum absolute atomic E-state index is 0.177. The second-order valence-corrected chi connectivity index (χ2v) is 6.53. The number of halogens is 2. The number of para-hydroxylation sites is 1. The van der Waals surface area contributed by atoms with Crippen LogP contribution >= 0.6 is 27.5 Å². The number of benzene rings is 2. The van der Waals surface area contributed by atoms with Gasteiger partial charge in [0.25, 0.3) is 5.56 Å². The Morgan fingerprint density at radius 2 is 2.04 bits per heavy atom. The Morgan fingerprint density at radius 1 is 1.31 bits per heavy atom. The van der Waals surface area contributed by atoms with Gasteiger partial charge in [-0.15, -0.1) is 4.68 Å². The van der Waals surface area contributed by atoms with Gasteiger partial charge >= 0.3 is 11.7 Å². The van der Waals surface area contributed by atoms with Gasteiger partial charge in [-0.3, -0.25) is 9.59 Å². The molecule has 132 valence electrons. The Labute approximate surface area is 160 Å². The van der Waals surface area contributed by atoms with Crippen LogP contribution in [0.25, 0.3) is 10.9 Å². The third kappa shape index (κ3) is 3.61. The lowest BCUT2D eigenvalue weighted by Crippen LogP contribution is -2.32. The van der Waals surface area contributed by atoms with Gasteiger partial charge in [0.15, 0.2) is 5.75 Å². The van der Waals surface area contributed by atoms with Crippen molar-refractivity contribution in [2.24, 2.45) is 5.10 Å². The van der Waals surface area contributed by atoms with E-state index in [1.165, 1.54) is 19.2 Å². The van der Waals surface area contributed by atoms with Crippen molar-refractivity contribution in [3.8, 4) is 5.75 Å². The van der Waals surface area contributed by atoms with E-state index in [-0.39, 0.29) is 5.75 Å². The van der Waals surface area contributed by atoms with Crippen molar-refractivity contribution in [1.29, 1.82) is 0 Å². The first-order valence-electron chi connectivity index (χ1n) is 7.32. The summed E-state index contributed by atoms with van der Waals surface area (Å²) in [6.07, 6.45) is 1.22. The van der Waals surface area contributed by atoms with Crippen molar-refractivity contribution >= 4 is 50.6 Å². The Bertz CT molecular complexity index is 1170. The zero-order valence-electron chi connectivity index (χ0n) is 13.3. The monoisotopic (exact) mass is 435 g/mol. The van der Waals surface area contributed by atoms with Gasteiger partial charge < -0.3 is 9.72 Å². The molecule has 1 aromatic heterocycles. The summed E-state index contributed by atoms with van der Waals surface area (Å²) >= 11 is 9.27. The predicted octanol–water partition coefficient (Wildman–Crippen LogP) is 2.91. The van der Waals surface area contributed by atoms with Crippen LogP contribution in [-0.2, 0) is 4.79 Å². The molecule has 0 saturated carbocycles. The number of aromatic amines is 1. The molecule has 0 amide bonds. The van der Waals surface area contributed by atoms with E-state index in [9.17, 15) is 14.4 Å². The molecule has 0 aliphatic rings. The van der Waals surface area contributed by atoms with Crippen molar-refractivity contribution in [3.63, 3.8) is 0 Å². The molecule has 0 radical (unpaired) electrons. The van der Waals surface area contributed by atoms with E-state index < -0.39 is 17.2 Å². The molecule has 1 N–H and O–H groups in total. The smallest absolute Gasteiger partial charge is 0.349 e. The highest BCUT2D eigenvalue weighted by Crippen LogP contribution is 2.32. The second kappa shape index (κ2) is 7.27. The molecule has 3 aromatic rings. The Balaban J connectivity index is 2.14. The van der Waals surface area contributed by atoms with Gasteiger partial charge in [-0.05, 0) is 40.2 Å². The van der Waals surface area contributed by atoms with E-state index in [2.05, 4.69) is 26.0 Å². The lowest BCUT2D eigenvalue weighted by molar-refractivity contribution is -0.131. The summed E-state index contributed by atoms with van der Waals surface area (Å²) in [6, 6.07) is 9.64. The van der Waals surface area contributed by atoms with Crippen molar-refractivity contribution in [2.75, 3.05) is 0 Å². The van der Waals surface area contributed by atoms with Gasteiger partial charge in [0, 0.05) is 17.5 Å². The normalized spacial score (nSPS) is 11.2. The first-order chi connectivity index (χ1) is 12.4. The Hall–Kier alpha value is -2.71. The van der Waals surface area contributed by atoms with E-state index in [0.29, 0.717) is 30.6 Å². The highest BCUT2D eigenvalue weighted by molar-refractivity contribution is 9.10. The molecule has 0 aliphatic heterocycles. The molecular formula is C17H11BrClN3O4. The van der Waals surface area contributed by atoms with Gasteiger partial charge in [-0.1, -0.05) is 23.7 Å². The van der Waals surface area contributed by atoms with Crippen LogP contribution in [0.1, 0.15) is 12.5 Å². The van der Waals surface area contributed by atoms with Crippen molar-refractivity contribution in [1.82, 2.24) is 9.66 Å². The molecule has 0 saturated heterocycles. The number of carbonyl (C=O) groups is 1. The second-order valence-electron chi connectivity index (χ2n) is 5.24. The SMILES string of the molecule is CC(=O)Oc1c(Br)cc(Cl)cc1C=Nn1c(=O)[nH]c2ccccc2c1=O. The van der Waals surface area contributed by atoms with E-state index in [4.69, 9.17) is 16.3 Å². The number of rotatable bonds is 3. The number of H-pyrrole nitrogens is 1. The third-order valence-electron chi connectivity index (χ3n) is 3.38. The number of hydrogen-bond acceptors (Lipinski definition) is 5. The fraction of sp³-hybridized carbons (Fsp3) is 0.0588. The molecule has 0 bridgehead atoms. The first kappa shape index (κ1) is 18.1. The van der Waals surface area contributed by atoms with E-state index in [1.54, 1.807) is 30.3 Å². The average Bonchev–Trinajstić information content (AvgIpc) is 2.57. The first-order valence-corrected chi connectivity index (χ1v) is 8.50. The maximum absolute atomic E-state index is 12.5. The van der Waals surface area contributed by atoms with Crippen LogP contribution in [0.3, 0.4) is 0 Å². The van der Waals surface area contributed by atoms with Crippen molar-refractivity contribution < 1.29 is 9.53 Å². The summed E-state index contributed by atoms with van der Waals surface area (Å²) in [4.78, 5) is 38.5. The van der Waals surface area contributed by atoms with E-state index in [1.807, 2.05) is 0 Å². The van der Waals surface area contributed by atoms with Gasteiger partial charge in [-0.2, -0.15) is 5.10 Å². The topological polar surface area (TPSA) is 93.5 Å². The van der Waals surface area contributed by atoms with Crippen LogP contribution in [-0.4, -0.2) is 21.8 Å². The van der Waals surface area contributed by atoms with Crippen molar-refractivity contribution in [3.05, 3.63) is 72.3 Å². The van der Waals surface area contributed by atoms with Gasteiger partial charge in [-0.25, -0.2) is 4.79 Å². The molecule has 26 heavy (non-hydrogen) atoms. The molecule has 0 aliphatic carbocycles. The van der Waals surface area contributed by atoms with Gasteiger partial charge in [0.05, 0.1) is 21.6 Å². The highest BCUT2D eigenvalue weighted by Gasteiger charge is 2.12. The molecule has 0 fully saturated rings. The molecular weight excluding hydrogens is 426 g/mol. The summed E-state index contributed by atoms with van der Waals surface area (Å²) in [5.74, 6) is -0.362. The predicted molar refractivity (Wildman–Crippen MR) is 102 cm³/mol. The quantitative estimate of drug-likeness (QED) is 0.388. The molecule has 1 heterocycles. The number of nitrogens with zero attached hydrogens (tertiary/aromatic N) is 2. The Kier molecular flexibility index (Phi) is 5.06. The lowest BCUT2D eigenvalue weighted by Gasteiger charge is -2.08. The fourth-order valence-corrected chi connectivity index (χ4v) is 3.22. The summed E-state index contributed by atoms with van der Waals surface area (Å²) < 4.78 is 6.26. The fourth-order valence-electron chi connectivity index (χ4n) is 2.31. The number of fused-ring (bicyclic) bond motifs is 1. The number of ether oxygens (including phenoxy) is 1. The standard InChI is InChI=1S/C17H11BrClN3O4/c1-9(23)26-15-10(6-11(19)7-13(15)18)8-20-22-16(24)12-4-2-3-5-14(12)21-17(22)25/h2-8H,1H3,(H,21,25). The minimum Gasteiger partial charge on any atom is -0.425 e. The summed E-state index contributed by atoms with van der Waals surface area (Å²) in [6.45, 7) is 1.25. The molecule has 9 heteroatoms. The van der Waals surface area contributed by atoms with Crippen LogP contribution in [0.4, 0.5) is 0 Å². The average molecular weight is 437 g/mol. The minimum atomic E-state index is -0.694. The van der Waals surface area contributed by atoms with Gasteiger partial charge in [0.1, 0.15) is 0 Å². The van der Waals surface area contributed by atoms with Crippen LogP contribution in [0, 0.1) is 0 Å². The number of aromatic nitrogens is 2. The largest absolute Gasteiger partial charge is 0.425 e. The molecule has 0 spiro atoms. The van der Waals surface area contributed by atoms with E-state index in [0.717, 1.165) is 0 Å². The molecule has 0 atom stereocenters. The maximum atomic E-state index is 12.5. The van der Waals surface area contributed by atoms with Crippen LogP contribution in [0.15, 0.2) is 55.6 Å². The summed E-state index contributed by atoms with van der Waals surface area (Å²) in [7, 11) is 0. The van der Waals surface area contributed by atoms with Crippen LogP contribution in [0.2, 0.25) is 5.02 Å². The molecule has 7 nitrogen and oxygen atoms in total. The molecule has 2 aromatic carbocycles. The molecule has 0 unspecified atom stereocenters. The zero-order chi connectivity index (χ0) is 18.8. The van der Waals surface area contributed by atoms with Gasteiger partial charge in [0.2, 0.25) is 0 Å². The number of nitrogens with one attached hydrogen (secondary N) is 1. The Morgan fingerprint density at radius 3 is 2.77 bits per heavy atom. The van der Waals surface area contributed by atoms with Crippen LogP contribution < -0.4 is 16.0 Å². The third-order valence-corrected chi connectivity index (χ3v) is 4.19. The molecule has 3 rings (SSSR count). The van der Waals surface area contributed by atoms with Crippen LogP contribution in [0.5, 0.6) is 5.75 Å².